The molecular weight excluding hydrogens is 198 g/mol. The summed E-state index contributed by atoms with van der Waals surface area (Å²) in [4.78, 5) is 6.73. The lowest BCUT2D eigenvalue weighted by atomic mass is 9.99. The van der Waals surface area contributed by atoms with Crippen molar-refractivity contribution in [2.75, 3.05) is 20.6 Å². The van der Waals surface area contributed by atoms with Gasteiger partial charge in [-0.2, -0.15) is 0 Å². The zero-order chi connectivity index (χ0) is 11.5. The predicted octanol–water partition coefficient (Wildman–Crippen LogP) is 1.94. The number of nitrogens with zero attached hydrogens (tertiary/aromatic N) is 2. The summed E-state index contributed by atoms with van der Waals surface area (Å²) in [6.07, 6.45) is 1.08. The number of nitrogens with one attached hydrogen (secondary N) is 1. The summed E-state index contributed by atoms with van der Waals surface area (Å²) >= 11 is 0. The SMILES string of the molecule is CC(=Nc1cccc2c1CCNC2)N(C)C. The molecule has 1 aromatic rings. The Morgan fingerprint density at radius 2 is 2.19 bits per heavy atom. The largest absolute Gasteiger partial charge is 0.366 e. The fourth-order valence-electron chi connectivity index (χ4n) is 1.89. The van der Waals surface area contributed by atoms with Crippen molar-refractivity contribution in [2.45, 2.75) is 19.9 Å². The molecule has 1 N–H and O–H groups in total. The third-order valence-corrected chi connectivity index (χ3v) is 3.05. The Kier molecular flexibility index (Phi) is 3.25. The third-order valence-electron chi connectivity index (χ3n) is 3.05. The molecule has 0 fully saturated rings. The third kappa shape index (κ3) is 2.25. The van der Waals surface area contributed by atoms with Gasteiger partial charge in [0.2, 0.25) is 0 Å². The van der Waals surface area contributed by atoms with Crippen molar-refractivity contribution in [3.05, 3.63) is 29.3 Å². The van der Waals surface area contributed by atoms with Crippen LogP contribution >= 0.6 is 0 Å². The van der Waals surface area contributed by atoms with Gasteiger partial charge >= 0.3 is 0 Å². The van der Waals surface area contributed by atoms with Crippen LogP contribution < -0.4 is 5.32 Å². The molecule has 0 saturated carbocycles. The maximum absolute atomic E-state index is 4.69. The van der Waals surface area contributed by atoms with E-state index < -0.39 is 0 Å². The molecule has 1 aliphatic rings. The molecule has 2 rings (SSSR count). The monoisotopic (exact) mass is 217 g/mol. The molecule has 86 valence electrons. The molecule has 0 radical (unpaired) electrons. The van der Waals surface area contributed by atoms with E-state index in [-0.39, 0.29) is 0 Å². The first-order chi connectivity index (χ1) is 7.68. The van der Waals surface area contributed by atoms with E-state index in [1.807, 2.05) is 25.9 Å². The molecule has 0 aliphatic carbocycles. The highest BCUT2D eigenvalue weighted by molar-refractivity contribution is 5.82. The molecule has 0 amide bonds. The second-order valence-electron chi connectivity index (χ2n) is 4.40. The molecule has 0 atom stereocenters. The van der Waals surface area contributed by atoms with E-state index in [0.717, 1.165) is 31.0 Å². The standard InChI is InChI=1S/C13H19N3/c1-10(16(2)3)15-13-6-4-5-11-9-14-8-7-12(11)13/h4-6,14H,7-9H2,1-3H3. The minimum atomic E-state index is 0.972. The van der Waals surface area contributed by atoms with Crippen LogP contribution in [0.4, 0.5) is 5.69 Å². The van der Waals surface area contributed by atoms with E-state index in [1.165, 1.54) is 11.1 Å². The van der Waals surface area contributed by atoms with Gasteiger partial charge in [-0.15, -0.1) is 0 Å². The first kappa shape index (κ1) is 11.1. The molecule has 3 nitrogen and oxygen atoms in total. The fourth-order valence-corrected chi connectivity index (χ4v) is 1.89. The lowest BCUT2D eigenvalue weighted by Crippen LogP contribution is -2.24. The number of aliphatic imine (C=N–C) groups is 1. The van der Waals surface area contributed by atoms with Gasteiger partial charge in [-0.3, -0.25) is 0 Å². The maximum atomic E-state index is 4.69. The van der Waals surface area contributed by atoms with Crippen molar-refractivity contribution >= 4 is 11.5 Å². The molecule has 0 aromatic heterocycles. The molecule has 3 heteroatoms. The van der Waals surface area contributed by atoms with E-state index in [0.29, 0.717) is 0 Å². The summed E-state index contributed by atoms with van der Waals surface area (Å²) < 4.78 is 0. The minimum Gasteiger partial charge on any atom is -0.366 e. The number of amidine groups is 1. The Labute approximate surface area is 97.2 Å². The topological polar surface area (TPSA) is 27.6 Å². The van der Waals surface area contributed by atoms with Crippen LogP contribution in [0.5, 0.6) is 0 Å². The predicted molar refractivity (Wildman–Crippen MR) is 68.3 cm³/mol. The Hall–Kier alpha value is -1.35. The van der Waals surface area contributed by atoms with Gasteiger partial charge in [-0.25, -0.2) is 4.99 Å². The highest BCUT2D eigenvalue weighted by atomic mass is 15.1. The average molecular weight is 217 g/mol. The van der Waals surface area contributed by atoms with E-state index in [4.69, 9.17) is 0 Å². The number of rotatable bonds is 1. The van der Waals surface area contributed by atoms with Gasteiger partial charge in [0.1, 0.15) is 5.84 Å². The van der Waals surface area contributed by atoms with E-state index in [2.05, 4.69) is 28.5 Å². The van der Waals surface area contributed by atoms with Crippen LogP contribution in [0.2, 0.25) is 0 Å². The normalized spacial score (nSPS) is 15.8. The van der Waals surface area contributed by atoms with Gasteiger partial charge in [0.25, 0.3) is 0 Å². The number of fused-ring (bicyclic) bond motifs is 1. The summed E-state index contributed by atoms with van der Waals surface area (Å²) in [5, 5.41) is 3.39. The number of hydrogen-bond donors (Lipinski definition) is 1. The zero-order valence-corrected chi connectivity index (χ0v) is 10.2. The molecule has 0 unspecified atom stereocenters. The van der Waals surface area contributed by atoms with Crippen molar-refractivity contribution in [3.8, 4) is 0 Å². The van der Waals surface area contributed by atoms with Crippen molar-refractivity contribution in [2.24, 2.45) is 4.99 Å². The van der Waals surface area contributed by atoms with Crippen LogP contribution in [0.1, 0.15) is 18.1 Å². The first-order valence-electron chi connectivity index (χ1n) is 5.72. The highest BCUT2D eigenvalue weighted by Crippen LogP contribution is 2.25. The molecular formula is C13H19N3. The number of benzene rings is 1. The minimum absolute atomic E-state index is 0.972. The van der Waals surface area contributed by atoms with E-state index in [1.54, 1.807) is 0 Å². The van der Waals surface area contributed by atoms with Crippen LogP contribution in [0.15, 0.2) is 23.2 Å². The second-order valence-corrected chi connectivity index (χ2v) is 4.40. The molecule has 0 spiro atoms. The van der Waals surface area contributed by atoms with Crippen LogP contribution in [-0.2, 0) is 13.0 Å². The summed E-state index contributed by atoms with van der Waals surface area (Å²) in [7, 11) is 4.05. The first-order valence-corrected chi connectivity index (χ1v) is 5.72. The smallest absolute Gasteiger partial charge is 0.101 e. The Morgan fingerprint density at radius 3 is 2.94 bits per heavy atom. The van der Waals surface area contributed by atoms with Crippen molar-refractivity contribution in [1.29, 1.82) is 0 Å². The van der Waals surface area contributed by atoms with Crippen molar-refractivity contribution in [1.82, 2.24) is 10.2 Å². The molecule has 0 saturated heterocycles. The average Bonchev–Trinajstić information content (AvgIpc) is 2.29. The Bertz CT molecular complexity index is 408. The van der Waals surface area contributed by atoms with Gasteiger partial charge in [-0.1, -0.05) is 12.1 Å². The van der Waals surface area contributed by atoms with Gasteiger partial charge in [-0.05, 0) is 37.1 Å². The molecule has 1 aliphatic heterocycles. The molecule has 0 bridgehead atoms. The number of hydrogen-bond acceptors (Lipinski definition) is 2. The van der Waals surface area contributed by atoms with E-state index in [9.17, 15) is 0 Å². The van der Waals surface area contributed by atoms with Crippen molar-refractivity contribution < 1.29 is 0 Å². The van der Waals surface area contributed by atoms with Gasteiger partial charge < -0.3 is 10.2 Å². The quantitative estimate of drug-likeness (QED) is 0.575. The van der Waals surface area contributed by atoms with Crippen LogP contribution in [0.3, 0.4) is 0 Å². The maximum Gasteiger partial charge on any atom is 0.101 e. The molecule has 1 heterocycles. The Morgan fingerprint density at radius 1 is 1.38 bits per heavy atom. The van der Waals surface area contributed by atoms with Gasteiger partial charge in [0.05, 0.1) is 5.69 Å². The van der Waals surface area contributed by atoms with Gasteiger partial charge in [0.15, 0.2) is 0 Å². The highest BCUT2D eigenvalue weighted by Gasteiger charge is 2.11. The summed E-state index contributed by atoms with van der Waals surface area (Å²) in [6.45, 7) is 4.07. The van der Waals surface area contributed by atoms with Gasteiger partial charge in [0, 0.05) is 20.6 Å². The fraction of sp³-hybridized carbons (Fsp3) is 0.462. The van der Waals surface area contributed by atoms with E-state index >= 15 is 0 Å². The summed E-state index contributed by atoms with van der Waals surface area (Å²) in [6, 6.07) is 6.39. The van der Waals surface area contributed by atoms with Crippen LogP contribution in [0.25, 0.3) is 0 Å². The zero-order valence-electron chi connectivity index (χ0n) is 10.2. The van der Waals surface area contributed by atoms with Crippen LogP contribution in [0, 0.1) is 0 Å². The Balaban J connectivity index is 2.38. The lowest BCUT2D eigenvalue weighted by Gasteiger charge is -2.19. The summed E-state index contributed by atoms with van der Waals surface area (Å²) in [5.41, 5.74) is 3.92. The lowest BCUT2D eigenvalue weighted by molar-refractivity contribution is 0.617. The molecule has 1 aromatic carbocycles. The summed E-state index contributed by atoms with van der Waals surface area (Å²) in [5.74, 6) is 1.05. The van der Waals surface area contributed by atoms with Crippen LogP contribution in [-0.4, -0.2) is 31.4 Å². The second kappa shape index (κ2) is 4.66. The van der Waals surface area contributed by atoms with Crippen molar-refractivity contribution in [3.63, 3.8) is 0 Å². The molecule has 16 heavy (non-hydrogen) atoms.